The lowest BCUT2D eigenvalue weighted by Gasteiger charge is -2.43. The van der Waals surface area contributed by atoms with E-state index in [1.807, 2.05) is 0 Å². The maximum absolute atomic E-state index is 10.6. The number of carbonyl (C=O) groups is 1. The number of carboxylic acids is 1. The van der Waals surface area contributed by atoms with E-state index in [2.05, 4.69) is 28.9 Å². The van der Waals surface area contributed by atoms with E-state index in [1.54, 1.807) is 12.1 Å². The number of carboxylic acid groups (broad SMARTS) is 1. The van der Waals surface area contributed by atoms with E-state index >= 15 is 0 Å². The summed E-state index contributed by atoms with van der Waals surface area (Å²) >= 11 is 0. The van der Waals surface area contributed by atoms with E-state index in [1.165, 1.54) is 6.20 Å². The van der Waals surface area contributed by atoms with Gasteiger partial charge in [-0.3, -0.25) is 0 Å². The van der Waals surface area contributed by atoms with Crippen LogP contribution in [0.15, 0.2) is 18.3 Å². The number of nitrogens with zero attached hydrogens (tertiary/aromatic N) is 3. The smallest absolute Gasteiger partial charge is 0.337 e. The van der Waals surface area contributed by atoms with Crippen molar-refractivity contribution in [3.05, 3.63) is 23.9 Å². The molecule has 1 fully saturated rings. The van der Waals surface area contributed by atoms with Crippen molar-refractivity contribution in [2.24, 2.45) is 0 Å². The maximum Gasteiger partial charge on any atom is 0.337 e. The van der Waals surface area contributed by atoms with Crippen molar-refractivity contribution in [2.45, 2.75) is 6.04 Å². The maximum atomic E-state index is 10.6. The molecule has 1 N–H and O–H groups in total. The highest BCUT2D eigenvalue weighted by molar-refractivity contribution is 5.87. The fraction of sp³-hybridized carbons (Fsp3) is 0.455. The minimum Gasteiger partial charge on any atom is -0.478 e. The van der Waals surface area contributed by atoms with Gasteiger partial charge in [-0.15, -0.1) is 0 Å². The monoisotopic (exact) mass is 221 g/mol. The molecule has 0 aliphatic carbocycles. The van der Waals surface area contributed by atoms with Gasteiger partial charge in [0, 0.05) is 25.3 Å². The number of pyridine rings is 1. The molecule has 0 atom stereocenters. The van der Waals surface area contributed by atoms with E-state index in [-0.39, 0.29) is 5.56 Å². The molecule has 0 aromatic carbocycles. The number of rotatable bonds is 3. The van der Waals surface area contributed by atoms with Gasteiger partial charge in [0.1, 0.15) is 5.82 Å². The lowest BCUT2D eigenvalue weighted by Crippen LogP contribution is -2.57. The van der Waals surface area contributed by atoms with Gasteiger partial charge >= 0.3 is 5.97 Å². The summed E-state index contributed by atoms with van der Waals surface area (Å²) in [4.78, 5) is 19.1. The summed E-state index contributed by atoms with van der Waals surface area (Å²) in [6.45, 7) is 1.90. The largest absolute Gasteiger partial charge is 0.478 e. The van der Waals surface area contributed by atoms with E-state index in [0.717, 1.165) is 18.9 Å². The fourth-order valence-corrected chi connectivity index (χ4v) is 1.67. The molecule has 0 saturated carbocycles. The van der Waals surface area contributed by atoms with Crippen LogP contribution in [0, 0.1) is 0 Å². The first kappa shape index (κ1) is 10.9. The Balaban J connectivity index is 1.99. The summed E-state index contributed by atoms with van der Waals surface area (Å²) in [6, 6.07) is 3.92. The van der Waals surface area contributed by atoms with Gasteiger partial charge in [-0.05, 0) is 26.2 Å². The van der Waals surface area contributed by atoms with Crippen LogP contribution in [0.25, 0.3) is 0 Å². The average molecular weight is 221 g/mol. The van der Waals surface area contributed by atoms with Crippen LogP contribution in [0.4, 0.5) is 5.82 Å². The molecule has 1 saturated heterocycles. The normalized spacial score (nSPS) is 16.3. The summed E-state index contributed by atoms with van der Waals surface area (Å²) in [7, 11) is 4.12. The van der Waals surface area contributed by atoms with Gasteiger partial charge in [0.2, 0.25) is 0 Å². The number of aromatic nitrogens is 1. The van der Waals surface area contributed by atoms with Gasteiger partial charge in [-0.25, -0.2) is 9.78 Å². The zero-order valence-corrected chi connectivity index (χ0v) is 9.42. The van der Waals surface area contributed by atoms with Crippen LogP contribution < -0.4 is 4.90 Å². The van der Waals surface area contributed by atoms with Crippen LogP contribution in [0.2, 0.25) is 0 Å². The molecule has 1 aliphatic heterocycles. The summed E-state index contributed by atoms with van der Waals surface area (Å²) in [5.41, 5.74) is 0.230. The second-order valence-electron chi connectivity index (χ2n) is 4.23. The predicted molar refractivity (Wildman–Crippen MR) is 60.9 cm³/mol. The molecule has 2 rings (SSSR count). The number of hydrogen-bond donors (Lipinski definition) is 1. The highest BCUT2D eigenvalue weighted by Crippen LogP contribution is 2.20. The Hall–Kier alpha value is -1.62. The van der Waals surface area contributed by atoms with Gasteiger partial charge in [0.15, 0.2) is 0 Å². The molecule has 0 amide bonds. The minimum absolute atomic E-state index is 0.230. The molecule has 1 aromatic heterocycles. The summed E-state index contributed by atoms with van der Waals surface area (Å²) in [5.74, 6) is -0.0862. The quantitative estimate of drug-likeness (QED) is 0.807. The Morgan fingerprint density at radius 3 is 2.62 bits per heavy atom. The Kier molecular flexibility index (Phi) is 2.78. The fourth-order valence-electron chi connectivity index (χ4n) is 1.67. The Labute approximate surface area is 94.3 Å². The highest BCUT2D eigenvalue weighted by atomic mass is 16.4. The van der Waals surface area contributed by atoms with Crippen molar-refractivity contribution < 1.29 is 9.90 Å². The third-order valence-corrected chi connectivity index (χ3v) is 2.91. The highest BCUT2D eigenvalue weighted by Gasteiger charge is 2.28. The van der Waals surface area contributed by atoms with Crippen LogP contribution >= 0.6 is 0 Å². The lowest BCUT2D eigenvalue weighted by atomic mass is 10.1. The summed E-state index contributed by atoms with van der Waals surface area (Å²) in [5, 5.41) is 8.74. The number of anilines is 1. The Bertz CT molecular complexity index is 383. The predicted octanol–water partition coefficient (Wildman–Crippen LogP) is 0.530. The third kappa shape index (κ3) is 1.99. The standard InChI is InChI=1S/C11H15N3O2/c1-13(2)9-6-14(7-9)10-4-3-8(5-12-10)11(15)16/h3-5,9H,6-7H2,1-2H3,(H,15,16). The molecule has 5 heteroatoms. The van der Waals surface area contributed by atoms with E-state index in [0.29, 0.717) is 6.04 Å². The van der Waals surface area contributed by atoms with Crippen molar-refractivity contribution in [3.8, 4) is 0 Å². The first-order valence-electron chi connectivity index (χ1n) is 5.18. The van der Waals surface area contributed by atoms with Crippen LogP contribution in [0.3, 0.4) is 0 Å². The van der Waals surface area contributed by atoms with Crippen molar-refractivity contribution in [2.75, 3.05) is 32.1 Å². The van der Waals surface area contributed by atoms with Crippen molar-refractivity contribution in [1.82, 2.24) is 9.88 Å². The van der Waals surface area contributed by atoms with Crippen LogP contribution in [-0.2, 0) is 0 Å². The number of hydrogen-bond acceptors (Lipinski definition) is 4. The van der Waals surface area contributed by atoms with E-state index in [4.69, 9.17) is 5.11 Å². The Morgan fingerprint density at radius 2 is 2.19 bits per heavy atom. The van der Waals surface area contributed by atoms with Gasteiger partial charge in [0.25, 0.3) is 0 Å². The van der Waals surface area contributed by atoms with Crippen molar-refractivity contribution in [3.63, 3.8) is 0 Å². The second kappa shape index (κ2) is 4.09. The third-order valence-electron chi connectivity index (χ3n) is 2.91. The second-order valence-corrected chi connectivity index (χ2v) is 4.23. The molecule has 2 heterocycles. The van der Waals surface area contributed by atoms with Gasteiger partial charge < -0.3 is 14.9 Å². The molecule has 16 heavy (non-hydrogen) atoms. The van der Waals surface area contributed by atoms with Gasteiger partial charge in [0.05, 0.1) is 5.56 Å². The average Bonchev–Trinajstić information content (AvgIpc) is 2.15. The molecule has 86 valence electrons. The van der Waals surface area contributed by atoms with Crippen molar-refractivity contribution >= 4 is 11.8 Å². The van der Waals surface area contributed by atoms with Crippen LogP contribution in [-0.4, -0.2) is 54.2 Å². The number of aromatic carboxylic acids is 1. The molecule has 1 aromatic rings. The summed E-state index contributed by atoms with van der Waals surface area (Å²) in [6.07, 6.45) is 1.40. The SMILES string of the molecule is CN(C)C1CN(c2ccc(C(=O)O)cn2)C1. The zero-order valence-electron chi connectivity index (χ0n) is 9.42. The minimum atomic E-state index is -0.936. The molecule has 0 radical (unpaired) electrons. The number of likely N-dealkylation sites (N-methyl/N-ethyl adjacent to an activating group) is 1. The molecular weight excluding hydrogens is 206 g/mol. The van der Waals surface area contributed by atoms with Gasteiger partial charge in [-0.1, -0.05) is 0 Å². The zero-order chi connectivity index (χ0) is 11.7. The molecule has 0 bridgehead atoms. The van der Waals surface area contributed by atoms with Crippen molar-refractivity contribution in [1.29, 1.82) is 0 Å². The van der Waals surface area contributed by atoms with E-state index in [9.17, 15) is 4.79 Å². The first-order valence-corrected chi connectivity index (χ1v) is 5.18. The van der Waals surface area contributed by atoms with Crippen LogP contribution in [0.5, 0.6) is 0 Å². The van der Waals surface area contributed by atoms with E-state index < -0.39 is 5.97 Å². The molecule has 5 nitrogen and oxygen atoms in total. The first-order chi connectivity index (χ1) is 7.58. The summed E-state index contributed by atoms with van der Waals surface area (Å²) < 4.78 is 0. The topological polar surface area (TPSA) is 56.7 Å². The lowest BCUT2D eigenvalue weighted by molar-refractivity contribution is 0.0696. The molecular formula is C11H15N3O2. The molecule has 0 spiro atoms. The van der Waals surface area contributed by atoms with Crippen LogP contribution in [0.1, 0.15) is 10.4 Å². The van der Waals surface area contributed by atoms with Gasteiger partial charge in [-0.2, -0.15) is 0 Å². The molecule has 0 unspecified atom stereocenters. The molecule has 1 aliphatic rings. The Morgan fingerprint density at radius 1 is 1.50 bits per heavy atom.